The molecule has 1 unspecified atom stereocenters. The van der Waals surface area contributed by atoms with E-state index in [1.807, 2.05) is 24.3 Å². The number of carbonyl (C=O) groups is 2. The van der Waals surface area contributed by atoms with Gasteiger partial charge in [-0.3, -0.25) is 9.69 Å². The molecule has 1 saturated heterocycles. The number of fused-ring (bicyclic) bond motifs is 1. The number of aryl methyl sites for hydroxylation is 2. The Bertz CT molecular complexity index is 1170. The van der Waals surface area contributed by atoms with Gasteiger partial charge in [0.2, 0.25) is 11.7 Å². The topological polar surface area (TPSA) is 97.6 Å². The zero-order chi connectivity index (χ0) is 21.6. The average Bonchev–Trinajstić information content (AvgIpc) is 3.49. The van der Waals surface area contributed by atoms with Crippen LogP contribution in [0, 0.1) is 0 Å². The van der Waals surface area contributed by atoms with Crippen LogP contribution in [-0.4, -0.2) is 34.1 Å². The maximum Gasteiger partial charge on any atom is 0.325 e. The molecular formula is C23H22N4O4. The van der Waals surface area contributed by atoms with E-state index >= 15 is 0 Å². The minimum atomic E-state index is -1.12. The van der Waals surface area contributed by atoms with Crippen LogP contribution in [0.2, 0.25) is 0 Å². The Morgan fingerprint density at radius 2 is 1.90 bits per heavy atom. The highest BCUT2D eigenvalue weighted by Crippen LogP contribution is 2.33. The summed E-state index contributed by atoms with van der Waals surface area (Å²) < 4.78 is 10.5. The van der Waals surface area contributed by atoms with Crippen LogP contribution in [0.15, 0.2) is 47.0 Å². The maximum absolute atomic E-state index is 13.2. The molecule has 0 saturated carbocycles. The van der Waals surface area contributed by atoms with Crippen LogP contribution in [0.5, 0.6) is 5.75 Å². The molecule has 2 aliphatic rings. The standard InChI is InChI=1S/C23H22N4O4/c1-23(17-9-6-14-4-3-5-16(14)12-17)21(28)27(22(29)25-23)13-19-24-20(26-31-19)15-7-10-18(30-2)11-8-15/h6-12H,3-5,13H2,1-2H3,(H,25,29). The third-order valence-electron chi connectivity index (χ3n) is 6.06. The number of amides is 3. The number of benzene rings is 2. The van der Waals surface area contributed by atoms with Gasteiger partial charge in [0.1, 0.15) is 17.8 Å². The number of aromatic nitrogens is 2. The molecule has 31 heavy (non-hydrogen) atoms. The van der Waals surface area contributed by atoms with Crippen LogP contribution < -0.4 is 10.1 Å². The molecule has 1 aromatic heterocycles. The Morgan fingerprint density at radius 3 is 2.68 bits per heavy atom. The monoisotopic (exact) mass is 418 g/mol. The Labute approximate surface area is 179 Å². The summed E-state index contributed by atoms with van der Waals surface area (Å²) in [5.41, 5.74) is 2.99. The molecule has 0 radical (unpaired) electrons. The van der Waals surface area contributed by atoms with Crippen molar-refractivity contribution in [2.45, 2.75) is 38.3 Å². The number of methoxy groups -OCH3 is 1. The lowest BCUT2D eigenvalue weighted by molar-refractivity contribution is -0.131. The summed E-state index contributed by atoms with van der Waals surface area (Å²) in [5, 5.41) is 6.81. The van der Waals surface area contributed by atoms with E-state index in [4.69, 9.17) is 9.26 Å². The molecule has 2 heterocycles. The molecular weight excluding hydrogens is 396 g/mol. The maximum atomic E-state index is 13.2. The summed E-state index contributed by atoms with van der Waals surface area (Å²) in [5.74, 6) is 0.955. The summed E-state index contributed by atoms with van der Waals surface area (Å²) in [6.45, 7) is 1.65. The van der Waals surface area contributed by atoms with Crippen LogP contribution in [0.4, 0.5) is 4.79 Å². The zero-order valence-electron chi connectivity index (χ0n) is 17.3. The van der Waals surface area contributed by atoms with Gasteiger partial charge in [-0.1, -0.05) is 23.4 Å². The van der Waals surface area contributed by atoms with Gasteiger partial charge in [0, 0.05) is 5.56 Å². The molecule has 1 fully saturated rings. The van der Waals surface area contributed by atoms with E-state index in [0.717, 1.165) is 41.0 Å². The predicted molar refractivity (Wildman–Crippen MR) is 111 cm³/mol. The van der Waals surface area contributed by atoms with Gasteiger partial charge < -0.3 is 14.6 Å². The number of nitrogens with zero attached hydrogens (tertiary/aromatic N) is 3. The first-order valence-corrected chi connectivity index (χ1v) is 10.2. The molecule has 158 valence electrons. The van der Waals surface area contributed by atoms with E-state index in [1.165, 1.54) is 11.1 Å². The summed E-state index contributed by atoms with van der Waals surface area (Å²) in [6, 6.07) is 12.8. The highest BCUT2D eigenvalue weighted by Gasteiger charge is 2.49. The predicted octanol–water partition coefficient (Wildman–Crippen LogP) is 3.20. The lowest BCUT2D eigenvalue weighted by atomic mass is 9.90. The average molecular weight is 418 g/mol. The van der Waals surface area contributed by atoms with Crippen LogP contribution in [0.1, 0.15) is 35.9 Å². The van der Waals surface area contributed by atoms with E-state index in [-0.39, 0.29) is 18.3 Å². The fourth-order valence-corrected chi connectivity index (χ4v) is 4.23. The van der Waals surface area contributed by atoms with Crippen molar-refractivity contribution in [3.8, 4) is 17.1 Å². The van der Waals surface area contributed by atoms with Gasteiger partial charge in [-0.15, -0.1) is 0 Å². The SMILES string of the molecule is COc1ccc(-c2noc(CN3C(=O)NC(C)(c4ccc5c(c4)CCC5)C3=O)n2)cc1. The number of imide groups is 1. The lowest BCUT2D eigenvalue weighted by Crippen LogP contribution is -2.41. The first-order valence-electron chi connectivity index (χ1n) is 10.2. The number of hydrogen-bond acceptors (Lipinski definition) is 6. The van der Waals surface area contributed by atoms with Crippen molar-refractivity contribution in [1.29, 1.82) is 0 Å². The van der Waals surface area contributed by atoms with Crippen molar-refractivity contribution >= 4 is 11.9 Å². The van der Waals surface area contributed by atoms with Crippen molar-refractivity contribution in [2.24, 2.45) is 0 Å². The molecule has 8 heteroatoms. The second-order valence-electron chi connectivity index (χ2n) is 8.02. The van der Waals surface area contributed by atoms with Crippen molar-refractivity contribution < 1.29 is 18.8 Å². The van der Waals surface area contributed by atoms with Gasteiger partial charge in [0.25, 0.3) is 5.91 Å². The van der Waals surface area contributed by atoms with Crippen LogP contribution in [0.3, 0.4) is 0 Å². The summed E-state index contributed by atoms with van der Waals surface area (Å²) in [7, 11) is 1.59. The van der Waals surface area contributed by atoms with Crippen molar-refractivity contribution in [3.05, 3.63) is 65.0 Å². The normalized spacial score (nSPS) is 20.1. The fourth-order valence-electron chi connectivity index (χ4n) is 4.23. The summed E-state index contributed by atoms with van der Waals surface area (Å²) in [6.07, 6.45) is 3.18. The first-order chi connectivity index (χ1) is 15.0. The second-order valence-corrected chi connectivity index (χ2v) is 8.02. The largest absolute Gasteiger partial charge is 0.497 e. The Balaban J connectivity index is 1.36. The smallest absolute Gasteiger partial charge is 0.325 e. The quantitative estimate of drug-likeness (QED) is 0.639. The molecule has 1 N–H and O–H groups in total. The third kappa shape index (κ3) is 3.24. The van der Waals surface area contributed by atoms with Crippen LogP contribution in [0.25, 0.3) is 11.4 Å². The number of carbonyl (C=O) groups excluding carboxylic acids is 2. The van der Waals surface area contributed by atoms with E-state index in [2.05, 4.69) is 21.5 Å². The minimum Gasteiger partial charge on any atom is -0.497 e. The van der Waals surface area contributed by atoms with Gasteiger partial charge in [0.05, 0.1) is 7.11 Å². The molecule has 8 nitrogen and oxygen atoms in total. The zero-order valence-corrected chi connectivity index (χ0v) is 17.3. The summed E-state index contributed by atoms with van der Waals surface area (Å²) >= 11 is 0. The fraction of sp³-hybridized carbons (Fsp3) is 0.304. The molecule has 3 aromatic rings. The number of hydrogen-bond donors (Lipinski definition) is 1. The molecule has 0 spiro atoms. The number of ether oxygens (including phenoxy) is 1. The van der Waals surface area contributed by atoms with E-state index in [9.17, 15) is 9.59 Å². The van der Waals surface area contributed by atoms with Crippen LogP contribution in [-0.2, 0) is 29.7 Å². The Morgan fingerprint density at radius 1 is 1.13 bits per heavy atom. The van der Waals surface area contributed by atoms with Gasteiger partial charge in [0.15, 0.2) is 0 Å². The van der Waals surface area contributed by atoms with Gasteiger partial charge >= 0.3 is 6.03 Å². The molecule has 3 amide bonds. The highest BCUT2D eigenvalue weighted by molar-refractivity contribution is 6.07. The molecule has 1 aliphatic heterocycles. The second kappa shape index (κ2) is 7.23. The molecule has 2 aromatic carbocycles. The molecule has 1 atom stereocenters. The third-order valence-corrected chi connectivity index (χ3v) is 6.06. The van der Waals surface area contributed by atoms with Gasteiger partial charge in [-0.25, -0.2) is 4.79 Å². The van der Waals surface area contributed by atoms with Crippen LogP contribution >= 0.6 is 0 Å². The number of urea groups is 1. The minimum absolute atomic E-state index is 0.0889. The molecule has 1 aliphatic carbocycles. The van der Waals surface area contributed by atoms with E-state index in [0.29, 0.717) is 5.82 Å². The number of nitrogens with one attached hydrogen (secondary N) is 1. The van der Waals surface area contributed by atoms with Crippen molar-refractivity contribution in [2.75, 3.05) is 7.11 Å². The highest BCUT2D eigenvalue weighted by atomic mass is 16.5. The van der Waals surface area contributed by atoms with E-state index in [1.54, 1.807) is 26.2 Å². The van der Waals surface area contributed by atoms with E-state index < -0.39 is 11.6 Å². The Kier molecular flexibility index (Phi) is 4.50. The molecule has 5 rings (SSSR count). The van der Waals surface area contributed by atoms with Crippen molar-refractivity contribution in [1.82, 2.24) is 20.4 Å². The van der Waals surface area contributed by atoms with Gasteiger partial charge in [-0.05, 0) is 67.1 Å². The van der Waals surface area contributed by atoms with Gasteiger partial charge in [-0.2, -0.15) is 4.98 Å². The lowest BCUT2D eigenvalue weighted by Gasteiger charge is -2.22. The number of rotatable bonds is 5. The van der Waals surface area contributed by atoms with Crippen molar-refractivity contribution in [3.63, 3.8) is 0 Å². The molecule has 0 bridgehead atoms. The summed E-state index contributed by atoms with van der Waals surface area (Å²) in [4.78, 5) is 31.3. The Hall–Kier alpha value is -3.68. The first kappa shape index (κ1) is 19.3.